The molecule has 2 N–H and O–H groups in total. The van der Waals surface area contributed by atoms with E-state index in [-0.39, 0.29) is 16.2 Å². The third kappa shape index (κ3) is 6.63. The van der Waals surface area contributed by atoms with E-state index in [1.165, 1.54) is 17.8 Å². The van der Waals surface area contributed by atoms with Crippen LogP contribution in [-0.4, -0.2) is 70.7 Å². The van der Waals surface area contributed by atoms with Crippen LogP contribution in [0.25, 0.3) is 10.6 Å². The predicted octanol–water partition coefficient (Wildman–Crippen LogP) is 3.25. The Hall–Kier alpha value is -3.16. The zero-order chi connectivity index (χ0) is 26.5. The summed E-state index contributed by atoms with van der Waals surface area (Å²) in [6.07, 6.45) is 11.1. The molecule has 4 heterocycles. The van der Waals surface area contributed by atoms with Gasteiger partial charge in [-0.1, -0.05) is 6.42 Å². The highest BCUT2D eigenvalue weighted by Crippen LogP contribution is 2.30. The lowest BCUT2D eigenvalue weighted by atomic mass is 10.1. The molecular weight excluding hydrogens is 526 g/mol. The lowest BCUT2D eigenvalue weighted by molar-refractivity contribution is 0.0918. The molecule has 3 aromatic heterocycles. The fourth-order valence-electron chi connectivity index (χ4n) is 4.34. The van der Waals surface area contributed by atoms with Crippen LogP contribution < -0.4 is 14.8 Å². The van der Waals surface area contributed by atoms with E-state index >= 15 is 0 Å². The summed E-state index contributed by atoms with van der Waals surface area (Å²) in [5, 5.41) is 3.04. The second-order valence-electron chi connectivity index (χ2n) is 9.41. The summed E-state index contributed by atoms with van der Waals surface area (Å²) in [5.74, 6) is 0.0807. The van der Waals surface area contributed by atoms with Crippen LogP contribution in [0.2, 0.25) is 0 Å². The number of hydrogen-bond donors (Lipinski definition) is 2. The molecule has 3 aromatic rings. The Morgan fingerprint density at radius 1 is 1.18 bits per heavy atom. The van der Waals surface area contributed by atoms with Crippen LogP contribution in [0.5, 0.6) is 5.88 Å². The van der Waals surface area contributed by atoms with E-state index in [4.69, 9.17) is 4.74 Å². The summed E-state index contributed by atoms with van der Waals surface area (Å²) < 4.78 is 33.0. The molecule has 1 aliphatic carbocycles. The number of hydrogen-bond acceptors (Lipinski definition) is 10. The van der Waals surface area contributed by atoms with Crippen LogP contribution in [0.1, 0.15) is 60.6 Å². The quantitative estimate of drug-likeness (QED) is 0.364. The van der Waals surface area contributed by atoms with Gasteiger partial charge >= 0.3 is 0 Å². The van der Waals surface area contributed by atoms with E-state index in [1.54, 1.807) is 36.9 Å². The number of carbonyl (C=O) groups excluding carboxylic acids is 1. The molecule has 13 heteroatoms. The monoisotopic (exact) mass is 557 g/mol. The largest absolute Gasteiger partial charge is 0.477 e. The van der Waals surface area contributed by atoms with Crippen molar-refractivity contribution in [1.29, 1.82) is 0 Å². The Morgan fingerprint density at radius 2 is 2.00 bits per heavy atom. The van der Waals surface area contributed by atoms with Gasteiger partial charge in [0.25, 0.3) is 5.91 Å². The number of aromatic nitrogens is 4. The van der Waals surface area contributed by atoms with E-state index < -0.39 is 16.1 Å². The van der Waals surface area contributed by atoms with Gasteiger partial charge < -0.3 is 15.0 Å². The number of nitrogens with one attached hydrogen (secondary N) is 2. The van der Waals surface area contributed by atoms with Crippen molar-refractivity contribution in [3.63, 3.8) is 0 Å². The minimum absolute atomic E-state index is 0.290. The minimum atomic E-state index is -3.41. The third-order valence-corrected chi connectivity index (χ3v) is 9.30. The first-order valence-corrected chi connectivity index (χ1v) is 15.2. The van der Waals surface area contributed by atoms with Gasteiger partial charge in [0.05, 0.1) is 46.6 Å². The predicted molar refractivity (Wildman–Crippen MR) is 145 cm³/mol. The topological polar surface area (TPSA) is 139 Å². The zero-order valence-electron chi connectivity index (χ0n) is 21.2. The Bertz CT molecular complexity index is 1370. The number of carbonyl (C=O) groups is 1. The maximum absolute atomic E-state index is 13.3. The van der Waals surface area contributed by atoms with Gasteiger partial charge in [0.15, 0.2) is 5.01 Å². The van der Waals surface area contributed by atoms with Crippen LogP contribution in [0.15, 0.2) is 36.9 Å². The number of ether oxygens (including phenoxy) is 1. The molecule has 1 amide bonds. The highest BCUT2D eigenvalue weighted by molar-refractivity contribution is 7.93. The SMILES string of the molecule is CCOc1cncc(-c2cnc(C(=O)N[C@H](CN3CCCCC3)c3cc(NS(=O)(=O)C4CC4)ccn3)s2)n1. The number of pyridine rings is 1. The molecule has 0 unspecified atom stereocenters. The molecule has 1 aliphatic heterocycles. The zero-order valence-corrected chi connectivity index (χ0v) is 22.8. The molecule has 1 atom stereocenters. The molecule has 0 bridgehead atoms. The smallest absolute Gasteiger partial charge is 0.280 e. The minimum Gasteiger partial charge on any atom is -0.477 e. The van der Waals surface area contributed by atoms with E-state index in [0.29, 0.717) is 53.8 Å². The maximum atomic E-state index is 13.3. The van der Waals surface area contributed by atoms with Crippen molar-refractivity contribution in [2.24, 2.45) is 0 Å². The summed E-state index contributed by atoms with van der Waals surface area (Å²) in [6.45, 7) is 4.80. The van der Waals surface area contributed by atoms with Crippen molar-refractivity contribution in [1.82, 2.24) is 30.2 Å². The van der Waals surface area contributed by atoms with Crippen LogP contribution in [0.4, 0.5) is 5.69 Å². The van der Waals surface area contributed by atoms with Crippen molar-refractivity contribution in [2.45, 2.75) is 50.3 Å². The number of nitrogens with zero attached hydrogens (tertiary/aromatic N) is 5. The first-order chi connectivity index (χ1) is 18.4. The number of anilines is 1. The second kappa shape index (κ2) is 11.7. The van der Waals surface area contributed by atoms with E-state index in [9.17, 15) is 13.2 Å². The van der Waals surface area contributed by atoms with E-state index in [0.717, 1.165) is 25.9 Å². The molecule has 0 radical (unpaired) electrons. The van der Waals surface area contributed by atoms with Crippen molar-refractivity contribution in [2.75, 3.05) is 31.0 Å². The molecule has 1 saturated carbocycles. The van der Waals surface area contributed by atoms with Crippen LogP contribution in [0, 0.1) is 0 Å². The third-order valence-electron chi connectivity index (χ3n) is 6.41. The number of piperidine rings is 1. The molecule has 11 nitrogen and oxygen atoms in total. The number of sulfonamides is 1. The van der Waals surface area contributed by atoms with E-state index in [1.807, 2.05) is 6.92 Å². The summed E-state index contributed by atoms with van der Waals surface area (Å²) in [7, 11) is -3.41. The second-order valence-corrected chi connectivity index (χ2v) is 12.4. The van der Waals surface area contributed by atoms with Crippen molar-refractivity contribution in [3.8, 4) is 16.5 Å². The maximum Gasteiger partial charge on any atom is 0.280 e. The number of thiazole rings is 1. The Kier molecular flexibility index (Phi) is 8.15. The number of likely N-dealkylation sites (tertiary alicyclic amines) is 1. The van der Waals surface area contributed by atoms with Gasteiger partial charge in [-0.3, -0.25) is 19.5 Å². The first kappa shape index (κ1) is 26.4. The average Bonchev–Trinajstić information content (AvgIpc) is 3.67. The molecule has 0 aromatic carbocycles. The first-order valence-electron chi connectivity index (χ1n) is 12.8. The lowest BCUT2D eigenvalue weighted by Crippen LogP contribution is -2.40. The number of rotatable bonds is 11. The fraction of sp³-hybridized carbons (Fsp3) is 0.480. The summed E-state index contributed by atoms with van der Waals surface area (Å²) >= 11 is 1.22. The summed E-state index contributed by atoms with van der Waals surface area (Å²) in [6, 6.07) is 2.89. The van der Waals surface area contributed by atoms with Gasteiger partial charge in [-0.15, -0.1) is 11.3 Å². The lowest BCUT2D eigenvalue weighted by Gasteiger charge is -2.30. The fourth-order valence-corrected chi connectivity index (χ4v) is 6.50. The Morgan fingerprint density at radius 3 is 2.76 bits per heavy atom. The highest BCUT2D eigenvalue weighted by atomic mass is 32.2. The highest BCUT2D eigenvalue weighted by Gasteiger charge is 2.36. The van der Waals surface area contributed by atoms with Gasteiger partial charge in [0, 0.05) is 18.9 Å². The van der Waals surface area contributed by atoms with Gasteiger partial charge in [0.2, 0.25) is 15.9 Å². The van der Waals surface area contributed by atoms with E-state index in [2.05, 4.69) is 34.9 Å². The van der Waals surface area contributed by atoms with Crippen molar-refractivity contribution in [3.05, 3.63) is 47.6 Å². The molecule has 2 fully saturated rings. The van der Waals surface area contributed by atoms with Crippen LogP contribution in [0.3, 0.4) is 0 Å². The summed E-state index contributed by atoms with van der Waals surface area (Å²) in [4.78, 5) is 33.7. The van der Waals surface area contributed by atoms with Gasteiger partial charge in [-0.25, -0.2) is 18.4 Å². The molecule has 202 valence electrons. The molecule has 5 rings (SSSR count). The molecular formula is C25H31N7O4S2. The molecule has 1 saturated heterocycles. The Balaban J connectivity index is 1.35. The van der Waals surface area contributed by atoms with Crippen LogP contribution in [-0.2, 0) is 10.0 Å². The Labute approximate surface area is 226 Å². The van der Waals surface area contributed by atoms with Gasteiger partial charge in [-0.05, 0) is 57.8 Å². The molecule has 0 spiro atoms. The average molecular weight is 558 g/mol. The van der Waals surface area contributed by atoms with Gasteiger partial charge in [0.1, 0.15) is 5.69 Å². The molecule has 38 heavy (non-hydrogen) atoms. The van der Waals surface area contributed by atoms with Crippen LogP contribution >= 0.6 is 11.3 Å². The molecule has 2 aliphatic rings. The normalized spacial score (nSPS) is 17.1. The van der Waals surface area contributed by atoms with Gasteiger partial charge in [-0.2, -0.15) is 0 Å². The van der Waals surface area contributed by atoms with Crippen molar-refractivity contribution < 1.29 is 17.9 Å². The van der Waals surface area contributed by atoms with Crippen molar-refractivity contribution >= 4 is 33.0 Å². The standard InChI is InChI=1S/C25H31N7O4S2/c1-2-36-23-15-26-13-20(29-23)22-14-28-25(37-22)24(33)30-21(16-32-10-4-3-5-11-32)19-12-17(8-9-27-19)31-38(34,35)18-6-7-18/h8-9,12-15,18,21H,2-7,10-11,16H2,1H3,(H,27,31)(H,30,33)/t21-/m1/s1. The number of amides is 1. The summed E-state index contributed by atoms with van der Waals surface area (Å²) in [5.41, 5.74) is 1.62.